The number of benzene rings is 3. The summed E-state index contributed by atoms with van der Waals surface area (Å²) in [5, 5.41) is 0.791. The summed E-state index contributed by atoms with van der Waals surface area (Å²) < 4.78 is 11.1. The van der Waals surface area contributed by atoms with E-state index in [1.807, 2.05) is 68.4 Å². The predicted octanol–water partition coefficient (Wildman–Crippen LogP) is 6.31. The fourth-order valence-electron chi connectivity index (χ4n) is 3.74. The minimum absolute atomic E-state index is 0.397. The van der Waals surface area contributed by atoms with Crippen LogP contribution in [0.3, 0.4) is 0 Å². The second-order valence-electron chi connectivity index (χ2n) is 7.65. The van der Waals surface area contributed by atoms with E-state index in [1.54, 1.807) is 13.2 Å². The van der Waals surface area contributed by atoms with Gasteiger partial charge in [-0.05, 0) is 67.8 Å². The normalized spacial score (nSPS) is 10.8. The van der Waals surface area contributed by atoms with Gasteiger partial charge in [0.2, 0.25) is 0 Å². The van der Waals surface area contributed by atoms with Gasteiger partial charge in [-0.15, -0.1) is 0 Å². The lowest BCUT2D eigenvalue weighted by Gasteiger charge is -2.13. The molecule has 0 fully saturated rings. The van der Waals surface area contributed by atoms with Crippen molar-refractivity contribution in [1.82, 2.24) is 4.98 Å². The van der Waals surface area contributed by atoms with Crippen molar-refractivity contribution in [2.75, 3.05) is 7.11 Å². The van der Waals surface area contributed by atoms with Crippen molar-refractivity contribution in [3.8, 4) is 22.8 Å². The number of fused-ring (bicyclic) bond motifs is 1. The Morgan fingerprint density at radius 2 is 1.71 bits per heavy atom. The molecule has 31 heavy (non-hydrogen) atoms. The maximum atomic E-state index is 13.2. The number of carbonyl (C=O) groups excluding carboxylic acids is 1. The van der Waals surface area contributed by atoms with E-state index in [0.29, 0.717) is 17.0 Å². The molecule has 3 aromatic carbocycles. The monoisotopic (exact) mass is 411 g/mol. The lowest BCUT2D eigenvalue weighted by Crippen LogP contribution is -2.10. The molecular formula is C27H25NO3. The minimum atomic E-state index is -0.397. The number of hydrogen-bond acceptors (Lipinski definition) is 4. The van der Waals surface area contributed by atoms with Crippen LogP contribution in [0, 0.1) is 13.8 Å². The molecule has 156 valence electrons. The molecule has 1 aromatic heterocycles. The molecule has 0 bridgehead atoms. The second-order valence-corrected chi connectivity index (χ2v) is 7.65. The molecule has 0 unspecified atom stereocenters. The van der Waals surface area contributed by atoms with Crippen molar-refractivity contribution in [3.63, 3.8) is 0 Å². The Morgan fingerprint density at radius 3 is 2.42 bits per heavy atom. The van der Waals surface area contributed by atoms with Crippen molar-refractivity contribution < 1.29 is 14.3 Å². The number of aromatic nitrogens is 1. The van der Waals surface area contributed by atoms with Gasteiger partial charge in [0.1, 0.15) is 11.5 Å². The third-order valence-electron chi connectivity index (χ3n) is 5.38. The highest BCUT2D eigenvalue weighted by atomic mass is 16.5. The van der Waals surface area contributed by atoms with Crippen LogP contribution in [-0.2, 0) is 6.42 Å². The molecule has 0 amide bonds. The highest BCUT2D eigenvalue weighted by Crippen LogP contribution is 2.30. The van der Waals surface area contributed by atoms with Crippen molar-refractivity contribution in [2.45, 2.75) is 27.2 Å². The van der Waals surface area contributed by atoms with Crippen LogP contribution in [-0.4, -0.2) is 18.1 Å². The summed E-state index contributed by atoms with van der Waals surface area (Å²) in [6.07, 6.45) is 0.936. The van der Waals surface area contributed by atoms with Gasteiger partial charge in [-0.3, -0.25) is 0 Å². The Bertz CT molecular complexity index is 1260. The first-order valence-electron chi connectivity index (χ1n) is 10.4. The number of carbonyl (C=O) groups is 1. The first-order chi connectivity index (χ1) is 15.0. The molecule has 0 aliphatic carbocycles. The van der Waals surface area contributed by atoms with Crippen molar-refractivity contribution in [2.24, 2.45) is 0 Å². The second kappa shape index (κ2) is 8.60. The Labute approximate surface area is 182 Å². The highest BCUT2D eigenvalue weighted by Gasteiger charge is 2.18. The molecule has 0 aliphatic rings. The van der Waals surface area contributed by atoms with Gasteiger partial charge in [0.25, 0.3) is 0 Å². The molecule has 0 radical (unpaired) electrons. The lowest BCUT2D eigenvalue weighted by molar-refractivity contribution is 0.0737. The molecular weight excluding hydrogens is 386 g/mol. The Hall–Kier alpha value is -3.66. The van der Waals surface area contributed by atoms with Crippen molar-refractivity contribution in [3.05, 3.63) is 89.0 Å². The van der Waals surface area contributed by atoms with Crippen molar-refractivity contribution >= 4 is 16.9 Å². The summed E-state index contributed by atoms with van der Waals surface area (Å²) in [5.41, 5.74) is 6.15. The van der Waals surface area contributed by atoms with Gasteiger partial charge in [0.15, 0.2) is 0 Å². The van der Waals surface area contributed by atoms with Crippen LogP contribution < -0.4 is 9.47 Å². The zero-order valence-electron chi connectivity index (χ0n) is 18.2. The first kappa shape index (κ1) is 20.6. The number of methoxy groups -OCH3 is 1. The molecule has 0 saturated carbocycles. The van der Waals surface area contributed by atoms with Gasteiger partial charge >= 0.3 is 5.97 Å². The maximum Gasteiger partial charge on any atom is 0.344 e. The Kier molecular flexibility index (Phi) is 5.72. The average molecular weight is 412 g/mol. The number of aryl methyl sites for hydroxylation is 3. The van der Waals surface area contributed by atoms with E-state index in [0.717, 1.165) is 39.8 Å². The van der Waals surface area contributed by atoms with E-state index < -0.39 is 5.97 Å². The fraction of sp³-hybridized carbons (Fsp3) is 0.185. The van der Waals surface area contributed by atoms with Gasteiger partial charge in [0.05, 0.1) is 23.9 Å². The van der Waals surface area contributed by atoms with E-state index in [2.05, 4.69) is 13.0 Å². The molecule has 0 saturated heterocycles. The number of pyridine rings is 1. The highest BCUT2D eigenvalue weighted by molar-refractivity contribution is 6.06. The van der Waals surface area contributed by atoms with E-state index in [9.17, 15) is 4.79 Å². The molecule has 0 N–H and O–H groups in total. The van der Waals surface area contributed by atoms with Gasteiger partial charge in [-0.25, -0.2) is 9.78 Å². The van der Waals surface area contributed by atoms with Gasteiger partial charge < -0.3 is 9.47 Å². The summed E-state index contributed by atoms with van der Waals surface area (Å²) in [6.45, 7) is 6.12. The van der Waals surface area contributed by atoms with Crippen LogP contribution in [0.5, 0.6) is 11.5 Å². The van der Waals surface area contributed by atoms with E-state index in [1.165, 1.54) is 5.56 Å². The first-order valence-corrected chi connectivity index (χ1v) is 10.4. The Balaban J connectivity index is 1.84. The number of hydrogen-bond donors (Lipinski definition) is 0. The van der Waals surface area contributed by atoms with Crippen LogP contribution in [0.4, 0.5) is 0 Å². The number of esters is 1. The van der Waals surface area contributed by atoms with Crippen LogP contribution >= 0.6 is 0 Å². The van der Waals surface area contributed by atoms with Crippen molar-refractivity contribution in [1.29, 1.82) is 0 Å². The number of nitrogens with zero attached hydrogens (tertiary/aromatic N) is 1. The van der Waals surface area contributed by atoms with E-state index in [-0.39, 0.29) is 0 Å². The molecule has 0 spiro atoms. The molecule has 4 heteroatoms. The van der Waals surface area contributed by atoms with Gasteiger partial charge in [-0.2, -0.15) is 0 Å². The molecule has 4 nitrogen and oxygen atoms in total. The lowest BCUT2D eigenvalue weighted by atomic mass is 9.99. The quantitative estimate of drug-likeness (QED) is 0.285. The topological polar surface area (TPSA) is 48.4 Å². The summed E-state index contributed by atoms with van der Waals surface area (Å²) in [6, 6.07) is 21.1. The summed E-state index contributed by atoms with van der Waals surface area (Å²) in [7, 11) is 1.63. The molecule has 4 rings (SSSR count). The average Bonchev–Trinajstić information content (AvgIpc) is 2.79. The third kappa shape index (κ3) is 4.29. The third-order valence-corrected chi connectivity index (χ3v) is 5.38. The maximum absolute atomic E-state index is 13.2. The summed E-state index contributed by atoms with van der Waals surface area (Å²) >= 11 is 0. The summed E-state index contributed by atoms with van der Waals surface area (Å²) in [4.78, 5) is 18.1. The van der Waals surface area contributed by atoms with Crippen LogP contribution in [0.1, 0.15) is 34.0 Å². The van der Waals surface area contributed by atoms with Gasteiger partial charge in [-0.1, -0.05) is 42.8 Å². The smallest absolute Gasteiger partial charge is 0.344 e. The molecule has 1 heterocycles. The van der Waals surface area contributed by atoms with Crippen LogP contribution in [0.25, 0.3) is 22.2 Å². The largest absolute Gasteiger partial charge is 0.497 e. The van der Waals surface area contributed by atoms with E-state index >= 15 is 0 Å². The molecule has 4 aromatic rings. The minimum Gasteiger partial charge on any atom is -0.497 e. The van der Waals surface area contributed by atoms with Gasteiger partial charge in [0, 0.05) is 10.9 Å². The number of rotatable bonds is 5. The molecule has 0 atom stereocenters. The van der Waals surface area contributed by atoms with Crippen LogP contribution in [0.15, 0.2) is 66.7 Å². The predicted molar refractivity (Wildman–Crippen MR) is 124 cm³/mol. The standard InChI is InChI=1S/C27H25NO3/c1-5-19-9-11-21(12-10-19)31-27(29)24-16-25(20-7-6-8-22(15-20)30-4)28-26-18(3)13-17(2)14-23(24)26/h6-16H,5H2,1-4H3. The van der Waals surface area contributed by atoms with E-state index in [4.69, 9.17) is 14.5 Å². The molecule has 0 aliphatic heterocycles. The Morgan fingerprint density at radius 1 is 0.935 bits per heavy atom. The van der Waals surface area contributed by atoms with Crippen LogP contribution in [0.2, 0.25) is 0 Å². The summed E-state index contributed by atoms with van der Waals surface area (Å²) in [5.74, 6) is 0.866. The zero-order valence-corrected chi connectivity index (χ0v) is 18.2. The number of ether oxygens (including phenoxy) is 2. The fourth-order valence-corrected chi connectivity index (χ4v) is 3.74. The SMILES string of the molecule is CCc1ccc(OC(=O)c2cc(-c3cccc(OC)c3)nc3c(C)cc(C)cc23)cc1. The zero-order chi connectivity index (χ0) is 22.0.